The zero-order chi connectivity index (χ0) is 13.1. The Morgan fingerprint density at radius 2 is 1.94 bits per heavy atom. The molecule has 0 atom stereocenters. The summed E-state index contributed by atoms with van der Waals surface area (Å²) in [6.45, 7) is 2.30. The molecular formula is C11H20N2O4. The minimum atomic E-state index is -0.398. The van der Waals surface area contributed by atoms with E-state index in [9.17, 15) is 9.59 Å². The highest BCUT2D eigenvalue weighted by molar-refractivity contribution is 5.92. The second kappa shape index (κ2) is 9.65. The quantitative estimate of drug-likeness (QED) is 0.168. The van der Waals surface area contributed by atoms with Gasteiger partial charge in [0, 0.05) is 13.0 Å². The Hall–Kier alpha value is -1.56. The molecule has 0 aliphatic rings. The molecule has 0 heterocycles. The van der Waals surface area contributed by atoms with E-state index in [0.717, 1.165) is 19.1 Å². The second-order valence-corrected chi connectivity index (χ2v) is 3.61. The summed E-state index contributed by atoms with van der Waals surface area (Å²) in [4.78, 5) is 22.0. The standard InChI is InChI=1S/C11H20N2O4/c1-2-9(8-14)11(16)12-7-5-3-4-6-10(15)13-17/h8,14,17H,2-7H2,1H3,(H,12,16)(H,13,15)/b9-8+. The Morgan fingerprint density at radius 1 is 1.24 bits per heavy atom. The molecule has 98 valence electrons. The van der Waals surface area contributed by atoms with E-state index in [4.69, 9.17) is 10.3 Å². The van der Waals surface area contributed by atoms with Crippen molar-refractivity contribution in [2.75, 3.05) is 6.54 Å². The van der Waals surface area contributed by atoms with Crippen LogP contribution in [0.5, 0.6) is 0 Å². The van der Waals surface area contributed by atoms with Crippen molar-refractivity contribution in [3.8, 4) is 0 Å². The van der Waals surface area contributed by atoms with Crippen molar-refractivity contribution < 1.29 is 19.9 Å². The third-order valence-corrected chi connectivity index (χ3v) is 2.32. The first kappa shape index (κ1) is 15.4. The van der Waals surface area contributed by atoms with Gasteiger partial charge in [0.2, 0.25) is 11.8 Å². The Labute approximate surface area is 101 Å². The summed E-state index contributed by atoms with van der Waals surface area (Å²) in [5.74, 6) is -0.659. The minimum absolute atomic E-state index is 0.261. The van der Waals surface area contributed by atoms with Crippen molar-refractivity contribution in [1.82, 2.24) is 10.8 Å². The second-order valence-electron chi connectivity index (χ2n) is 3.61. The van der Waals surface area contributed by atoms with Crippen LogP contribution in [0, 0.1) is 0 Å². The lowest BCUT2D eigenvalue weighted by Gasteiger charge is -2.05. The number of carbonyl (C=O) groups excluding carboxylic acids is 2. The van der Waals surface area contributed by atoms with Gasteiger partial charge in [-0.25, -0.2) is 5.48 Å². The molecule has 0 aromatic rings. The average molecular weight is 244 g/mol. The van der Waals surface area contributed by atoms with E-state index in [-0.39, 0.29) is 12.3 Å². The van der Waals surface area contributed by atoms with Crippen molar-refractivity contribution in [3.05, 3.63) is 11.8 Å². The zero-order valence-electron chi connectivity index (χ0n) is 10.0. The lowest BCUT2D eigenvalue weighted by Crippen LogP contribution is -2.26. The molecule has 0 aliphatic carbocycles. The molecule has 0 unspecified atom stereocenters. The van der Waals surface area contributed by atoms with Crippen molar-refractivity contribution in [2.24, 2.45) is 0 Å². The summed E-state index contributed by atoms with van der Waals surface area (Å²) < 4.78 is 0. The molecule has 0 saturated heterocycles. The summed E-state index contributed by atoms with van der Waals surface area (Å²) in [6.07, 6.45) is 3.80. The van der Waals surface area contributed by atoms with Crippen molar-refractivity contribution >= 4 is 11.8 Å². The number of hydroxylamine groups is 1. The fourth-order valence-electron chi connectivity index (χ4n) is 1.27. The number of carbonyl (C=O) groups is 2. The normalized spacial score (nSPS) is 11.1. The number of aliphatic hydroxyl groups excluding tert-OH is 1. The smallest absolute Gasteiger partial charge is 0.250 e. The Morgan fingerprint density at radius 3 is 2.47 bits per heavy atom. The van der Waals surface area contributed by atoms with Crippen molar-refractivity contribution in [1.29, 1.82) is 0 Å². The fraction of sp³-hybridized carbons (Fsp3) is 0.636. The number of hydrogen-bond donors (Lipinski definition) is 4. The van der Waals surface area contributed by atoms with Crippen LogP contribution >= 0.6 is 0 Å². The van der Waals surface area contributed by atoms with E-state index >= 15 is 0 Å². The highest BCUT2D eigenvalue weighted by Gasteiger charge is 2.06. The number of nitrogens with one attached hydrogen (secondary N) is 2. The van der Waals surface area contributed by atoms with Crippen LogP contribution in [-0.4, -0.2) is 28.7 Å². The third-order valence-electron chi connectivity index (χ3n) is 2.32. The number of aliphatic hydroxyl groups is 1. The summed E-state index contributed by atoms with van der Waals surface area (Å²) in [6, 6.07) is 0. The molecule has 0 radical (unpaired) electrons. The van der Waals surface area contributed by atoms with E-state index < -0.39 is 5.91 Å². The molecule has 0 spiro atoms. The summed E-state index contributed by atoms with van der Waals surface area (Å²) in [5, 5.41) is 19.6. The van der Waals surface area contributed by atoms with E-state index in [0.29, 0.717) is 25.0 Å². The van der Waals surface area contributed by atoms with Crippen LogP contribution in [0.1, 0.15) is 39.0 Å². The van der Waals surface area contributed by atoms with Gasteiger partial charge in [-0.05, 0) is 19.3 Å². The molecule has 0 aliphatic heterocycles. The van der Waals surface area contributed by atoms with Crippen LogP contribution in [-0.2, 0) is 9.59 Å². The van der Waals surface area contributed by atoms with Crippen LogP contribution in [0.15, 0.2) is 11.8 Å². The van der Waals surface area contributed by atoms with Crippen LogP contribution < -0.4 is 10.8 Å². The molecule has 4 N–H and O–H groups in total. The molecule has 6 heteroatoms. The molecule has 6 nitrogen and oxygen atoms in total. The monoisotopic (exact) mass is 244 g/mol. The minimum Gasteiger partial charge on any atom is -0.515 e. The van der Waals surface area contributed by atoms with Gasteiger partial charge >= 0.3 is 0 Å². The van der Waals surface area contributed by atoms with E-state index in [1.54, 1.807) is 12.4 Å². The molecule has 2 amide bonds. The Kier molecular flexibility index (Phi) is 8.77. The predicted octanol–water partition coefficient (Wildman–Crippen LogP) is 1.02. The topological polar surface area (TPSA) is 98.7 Å². The maximum absolute atomic E-state index is 11.4. The molecule has 0 aromatic heterocycles. The number of amides is 2. The molecule has 17 heavy (non-hydrogen) atoms. The SMILES string of the molecule is CC/C(=C\O)C(=O)NCCCCCC(=O)NO. The van der Waals surface area contributed by atoms with Crippen LogP contribution in [0.25, 0.3) is 0 Å². The maximum Gasteiger partial charge on any atom is 0.250 e. The zero-order valence-corrected chi connectivity index (χ0v) is 10.0. The van der Waals surface area contributed by atoms with E-state index in [2.05, 4.69) is 5.32 Å². The maximum atomic E-state index is 11.4. The van der Waals surface area contributed by atoms with Gasteiger partial charge in [-0.15, -0.1) is 0 Å². The fourth-order valence-corrected chi connectivity index (χ4v) is 1.27. The van der Waals surface area contributed by atoms with Gasteiger partial charge < -0.3 is 10.4 Å². The van der Waals surface area contributed by atoms with Gasteiger partial charge in [0.25, 0.3) is 0 Å². The largest absolute Gasteiger partial charge is 0.515 e. The number of hydrogen-bond acceptors (Lipinski definition) is 4. The number of rotatable bonds is 8. The van der Waals surface area contributed by atoms with Gasteiger partial charge in [0.1, 0.15) is 0 Å². The molecule has 0 fully saturated rings. The molecule has 0 rings (SSSR count). The lowest BCUT2D eigenvalue weighted by molar-refractivity contribution is -0.129. The molecule has 0 saturated carbocycles. The van der Waals surface area contributed by atoms with Crippen molar-refractivity contribution in [2.45, 2.75) is 39.0 Å². The highest BCUT2D eigenvalue weighted by Crippen LogP contribution is 2.01. The van der Waals surface area contributed by atoms with Crippen LogP contribution in [0.4, 0.5) is 0 Å². The van der Waals surface area contributed by atoms with Gasteiger partial charge in [-0.3, -0.25) is 14.8 Å². The van der Waals surface area contributed by atoms with Gasteiger partial charge in [0.05, 0.1) is 11.8 Å². The number of unbranched alkanes of at least 4 members (excludes halogenated alkanes) is 2. The highest BCUT2D eigenvalue weighted by atomic mass is 16.5. The first-order valence-corrected chi connectivity index (χ1v) is 5.70. The third kappa shape index (κ3) is 7.35. The summed E-state index contributed by atoms with van der Waals surface area (Å²) in [7, 11) is 0. The van der Waals surface area contributed by atoms with E-state index in [1.165, 1.54) is 0 Å². The van der Waals surface area contributed by atoms with Crippen LogP contribution in [0.3, 0.4) is 0 Å². The molecule has 0 bridgehead atoms. The molecular weight excluding hydrogens is 224 g/mol. The van der Waals surface area contributed by atoms with E-state index in [1.807, 2.05) is 0 Å². The van der Waals surface area contributed by atoms with Crippen LogP contribution in [0.2, 0.25) is 0 Å². The summed E-state index contributed by atoms with van der Waals surface area (Å²) >= 11 is 0. The Bertz CT molecular complexity index is 277. The first-order valence-electron chi connectivity index (χ1n) is 5.70. The predicted molar refractivity (Wildman–Crippen MR) is 62.4 cm³/mol. The molecule has 0 aromatic carbocycles. The average Bonchev–Trinajstić information content (AvgIpc) is 2.34. The first-order chi connectivity index (χ1) is 8.15. The van der Waals surface area contributed by atoms with Gasteiger partial charge in [-0.2, -0.15) is 0 Å². The van der Waals surface area contributed by atoms with Gasteiger partial charge in [-0.1, -0.05) is 13.3 Å². The lowest BCUT2D eigenvalue weighted by atomic mass is 10.2. The Balaban J connectivity index is 3.52. The summed E-state index contributed by atoms with van der Waals surface area (Å²) in [5.41, 5.74) is 1.91. The van der Waals surface area contributed by atoms with Crippen molar-refractivity contribution in [3.63, 3.8) is 0 Å². The van der Waals surface area contributed by atoms with Gasteiger partial charge in [0.15, 0.2) is 0 Å².